The van der Waals surface area contributed by atoms with Gasteiger partial charge >= 0.3 is 0 Å². The molecule has 0 amide bonds. The number of halogens is 1. The summed E-state index contributed by atoms with van der Waals surface area (Å²) in [6.45, 7) is 8.61. The Bertz CT molecular complexity index is 1060. The molecule has 0 saturated carbocycles. The van der Waals surface area contributed by atoms with Gasteiger partial charge in [-0.15, -0.1) is 0 Å². The van der Waals surface area contributed by atoms with Crippen LogP contribution in [0.15, 0.2) is 36.4 Å². The Balaban J connectivity index is 2.05. The average Bonchev–Trinajstić information content (AvgIpc) is 2.89. The maximum atomic E-state index is 6.25. The Morgan fingerprint density at radius 3 is 2.64 bits per heavy atom. The van der Waals surface area contributed by atoms with Crippen LogP contribution in [0.1, 0.15) is 29.9 Å². The van der Waals surface area contributed by atoms with Crippen molar-refractivity contribution in [1.29, 1.82) is 0 Å². The number of hydrogen-bond donors (Lipinski definition) is 1. The van der Waals surface area contributed by atoms with Gasteiger partial charge in [0.1, 0.15) is 4.64 Å². The Morgan fingerprint density at radius 2 is 1.88 bits per heavy atom. The van der Waals surface area contributed by atoms with Gasteiger partial charge in [-0.25, -0.2) is 0 Å². The predicted molar refractivity (Wildman–Crippen MR) is 111 cm³/mol. The molecular formula is C20H19ClN2S2. The zero-order valence-electron chi connectivity index (χ0n) is 14.6. The van der Waals surface area contributed by atoms with E-state index in [1.165, 1.54) is 21.6 Å². The Labute approximate surface area is 162 Å². The highest BCUT2D eigenvalue weighted by atomic mass is 35.5. The normalized spacial score (nSPS) is 14.6. The third-order valence-corrected chi connectivity index (χ3v) is 6.85. The lowest BCUT2D eigenvalue weighted by Gasteiger charge is -2.33. The fraction of sp³-hybridized carbons (Fsp3) is 0.250. The molecule has 2 nitrogen and oxygen atoms in total. The number of aromatic nitrogens is 1. The Hall–Kier alpha value is -1.62. The molecule has 0 spiro atoms. The Kier molecular flexibility index (Phi) is 3.83. The van der Waals surface area contributed by atoms with Gasteiger partial charge in [0.15, 0.2) is 0 Å². The summed E-state index contributed by atoms with van der Waals surface area (Å²) in [7, 11) is 0. The second-order valence-electron chi connectivity index (χ2n) is 7.12. The highest BCUT2D eigenvalue weighted by Gasteiger charge is 2.34. The van der Waals surface area contributed by atoms with Crippen LogP contribution in [0.25, 0.3) is 16.8 Å². The van der Waals surface area contributed by atoms with Gasteiger partial charge in [-0.3, -0.25) is 3.96 Å². The van der Waals surface area contributed by atoms with Crippen LogP contribution in [-0.4, -0.2) is 3.96 Å². The largest absolute Gasteiger partial charge is 0.375 e. The molecule has 2 aromatic carbocycles. The first-order valence-corrected chi connectivity index (χ1v) is 9.76. The maximum absolute atomic E-state index is 6.25. The van der Waals surface area contributed by atoms with Crippen molar-refractivity contribution in [2.75, 3.05) is 5.32 Å². The number of rotatable bonds is 1. The van der Waals surface area contributed by atoms with Crippen LogP contribution >= 0.6 is 35.4 Å². The molecule has 25 heavy (non-hydrogen) atoms. The molecule has 2 heterocycles. The minimum Gasteiger partial charge on any atom is -0.375 e. The number of nitrogens with zero attached hydrogens (tertiary/aromatic N) is 1. The highest BCUT2D eigenvalue weighted by molar-refractivity contribution is 7.71. The highest BCUT2D eigenvalue weighted by Crippen LogP contribution is 2.47. The van der Waals surface area contributed by atoms with Crippen molar-refractivity contribution in [3.05, 3.63) is 62.1 Å². The minimum absolute atomic E-state index is 0.173. The molecule has 3 aromatic rings. The van der Waals surface area contributed by atoms with E-state index < -0.39 is 0 Å². The zero-order chi connectivity index (χ0) is 17.9. The van der Waals surface area contributed by atoms with Crippen molar-refractivity contribution in [3.8, 4) is 16.8 Å². The van der Waals surface area contributed by atoms with E-state index in [4.69, 9.17) is 23.8 Å². The van der Waals surface area contributed by atoms with Gasteiger partial charge in [-0.1, -0.05) is 53.0 Å². The topological polar surface area (TPSA) is 17.0 Å². The predicted octanol–water partition coefficient (Wildman–Crippen LogP) is 6.87. The van der Waals surface area contributed by atoms with Crippen molar-refractivity contribution in [2.24, 2.45) is 0 Å². The van der Waals surface area contributed by atoms with Crippen LogP contribution in [0.3, 0.4) is 0 Å². The maximum Gasteiger partial charge on any atom is 0.129 e. The molecule has 0 saturated heterocycles. The molecular weight excluding hydrogens is 368 g/mol. The van der Waals surface area contributed by atoms with Crippen LogP contribution in [-0.2, 0) is 5.54 Å². The number of fused-ring (bicyclic) bond motifs is 3. The number of anilines is 1. The summed E-state index contributed by atoms with van der Waals surface area (Å²) < 4.78 is 2.99. The van der Waals surface area contributed by atoms with Crippen LogP contribution < -0.4 is 5.32 Å². The number of hydrogen-bond acceptors (Lipinski definition) is 3. The number of aryl methyl sites for hydroxylation is 2. The summed E-state index contributed by atoms with van der Waals surface area (Å²) in [5.74, 6) is 0. The summed E-state index contributed by atoms with van der Waals surface area (Å²) in [5, 5.41) is 4.39. The number of nitrogens with one attached hydrogen (secondary N) is 1. The third-order valence-electron chi connectivity index (χ3n) is 4.66. The average molecular weight is 387 g/mol. The van der Waals surface area contributed by atoms with Gasteiger partial charge in [0, 0.05) is 21.8 Å². The molecule has 0 radical (unpaired) electrons. The van der Waals surface area contributed by atoms with Crippen molar-refractivity contribution in [1.82, 2.24) is 3.96 Å². The smallest absolute Gasteiger partial charge is 0.129 e. The summed E-state index contributed by atoms with van der Waals surface area (Å²) in [5.41, 5.74) is 6.78. The van der Waals surface area contributed by atoms with Crippen LogP contribution in [0, 0.1) is 18.5 Å². The first-order chi connectivity index (χ1) is 11.8. The fourth-order valence-corrected chi connectivity index (χ4v) is 5.25. The lowest BCUT2D eigenvalue weighted by molar-refractivity contribution is 0.620. The van der Waals surface area contributed by atoms with Crippen LogP contribution in [0.5, 0.6) is 0 Å². The van der Waals surface area contributed by atoms with Gasteiger partial charge in [0.05, 0.1) is 16.1 Å². The molecule has 5 heteroatoms. The van der Waals surface area contributed by atoms with Crippen molar-refractivity contribution < 1.29 is 0 Å². The van der Waals surface area contributed by atoms with Gasteiger partial charge in [-0.2, -0.15) is 0 Å². The van der Waals surface area contributed by atoms with Crippen molar-refractivity contribution in [2.45, 2.75) is 33.2 Å². The molecule has 0 fully saturated rings. The SMILES string of the molecule is Cc1ccc2c(c1)-c1c(sn(-c3cc(Cl)ccc3C)c1=S)C(C)(C)N2. The summed E-state index contributed by atoms with van der Waals surface area (Å²) in [6, 6.07) is 12.5. The summed E-state index contributed by atoms with van der Waals surface area (Å²) in [4.78, 5) is 1.26. The van der Waals surface area contributed by atoms with E-state index in [1.54, 1.807) is 11.5 Å². The fourth-order valence-electron chi connectivity index (χ4n) is 3.37. The lowest BCUT2D eigenvalue weighted by Crippen LogP contribution is -2.30. The van der Waals surface area contributed by atoms with E-state index in [0.717, 1.165) is 26.6 Å². The second kappa shape index (κ2) is 5.70. The Morgan fingerprint density at radius 1 is 1.12 bits per heavy atom. The van der Waals surface area contributed by atoms with E-state index in [0.29, 0.717) is 0 Å². The van der Waals surface area contributed by atoms with Gasteiger partial charge in [-0.05, 0) is 57.5 Å². The first-order valence-electron chi connectivity index (χ1n) is 8.20. The van der Waals surface area contributed by atoms with Crippen molar-refractivity contribution >= 4 is 41.0 Å². The van der Waals surface area contributed by atoms with E-state index in [1.807, 2.05) is 18.2 Å². The molecule has 0 atom stereocenters. The van der Waals surface area contributed by atoms with Gasteiger partial charge in [0.2, 0.25) is 0 Å². The molecule has 1 aliphatic heterocycles. The molecule has 1 aromatic heterocycles. The molecule has 128 valence electrons. The van der Waals surface area contributed by atoms with E-state index >= 15 is 0 Å². The molecule has 0 aliphatic carbocycles. The van der Waals surface area contributed by atoms with Crippen molar-refractivity contribution in [3.63, 3.8) is 0 Å². The monoisotopic (exact) mass is 386 g/mol. The second-order valence-corrected chi connectivity index (χ2v) is 8.90. The van der Waals surface area contributed by atoms with Crippen LogP contribution in [0.2, 0.25) is 5.02 Å². The molecule has 1 N–H and O–H groups in total. The van der Waals surface area contributed by atoms with Gasteiger partial charge in [0.25, 0.3) is 0 Å². The summed E-state index contributed by atoms with van der Waals surface area (Å²) >= 11 is 13.9. The third kappa shape index (κ3) is 2.64. The molecule has 4 rings (SSSR count). The molecule has 0 bridgehead atoms. The van der Waals surface area contributed by atoms with E-state index in [-0.39, 0.29) is 5.54 Å². The molecule has 0 unspecified atom stereocenters. The minimum atomic E-state index is -0.173. The van der Waals surface area contributed by atoms with Gasteiger partial charge < -0.3 is 5.32 Å². The standard InChI is InChI=1S/C20H19ClN2S2/c1-11-5-8-15-14(9-11)17-18(20(3,4)22-15)25-23(19(17)24)16-10-13(21)7-6-12(16)2/h5-10,22H,1-4H3. The quantitative estimate of drug-likeness (QED) is 0.459. The molecule has 1 aliphatic rings. The summed E-state index contributed by atoms with van der Waals surface area (Å²) in [6.07, 6.45) is 0. The zero-order valence-corrected chi connectivity index (χ0v) is 17.0. The lowest BCUT2D eigenvalue weighted by atomic mass is 9.89. The first kappa shape index (κ1) is 16.8. The number of benzene rings is 2. The van der Waals surface area contributed by atoms with E-state index in [2.05, 4.69) is 55.2 Å². The van der Waals surface area contributed by atoms with E-state index in [9.17, 15) is 0 Å². The van der Waals surface area contributed by atoms with Crippen LogP contribution in [0.4, 0.5) is 5.69 Å².